The van der Waals surface area contributed by atoms with Gasteiger partial charge in [-0.3, -0.25) is 9.47 Å². The van der Waals surface area contributed by atoms with E-state index in [2.05, 4.69) is 49.4 Å². The van der Waals surface area contributed by atoms with Crippen molar-refractivity contribution in [3.8, 4) is 40.2 Å². The number of hydrogen-bond acceptors (Lipinski definition) is 10. The summed E-state index contributed by atoms with van der Waals surface area (Å²) in [5, 5.41) is 12.5. The zero-order valence-electron chi connectivity index (χ0n) is 27.6. The van der Waals surface area contributed by atoms with Crippen LogP contribution in [-0.4, -0.2) is 60.6 Å². The van der Waals surface area contributed by atoms with E-state index in [0.717, 1.165) is 38.2 Å². The molecule has 0 bridgehead atoms. The highest BCUT2D eigenvalue weighted by Gasteiger charge is 2.22. The minimum absolute atomic E-state index is 0.167. The molecule has 0 unspecified atom stereocenters. The number of halogens is 1. The molecule has 12 heteroatoms. The lowest BCUT2D eigenvalue weighted by molar-refractivity contribution is 0.211. The first-order chi connectivity index (χ1) is 24.0. The van der Waals surface area contributed by atoms with Gasteiger partial charge >= 0.3 is 0 Å². The number of nitrogens with zero attached hydrogens (tertiary/aromatic N) is 8. The number of nitriles is 1. The summed E-state index contributed by atoms with van der Waals surface area (Å²) < 4.78 is 21.4. The van der Waals surface area contributed by atoms with Gasteiger partial charge in [-0.15, -0.1) is 0 Å². The fourth-order valence-electron chi connectivity index (χ4n) is 5.96. The van der Waals surface area contributed by atoms with Crippen LogP contribution in [0, 0.1) is 17.1 Å². The summed E-state index contributed by atoms with van der Waals surface area (Å²) in [6, 6.07) is 24.3. The summed E-state index contributed by atoms with van der Waals surface area (Å²) in [5.41, 5.74) is 11.7. The molecule has 11 nitrogen and oxygen atoms in total. The topological polar surface area (TPSA) is 144 Å². The molecule has 7 rings (SSSR count). The number of fused-ring (bicyclic) bond motifs is 1. The monoisotopic (exact) mass is 656 g/mol. The maximum atomic E-state index is 14.0. The molecule has 1 aliphatic heterocycles. The van der Waals surface area contributed by atoms with Crippen LogP contribution in [0.1, 0.15) is 38.1 Å². The van der Waals surface area contributed by atoms with E-state index in [-0.39, 0.29) is 17.7 Å². The number of nitrogens with two attached hydrogens (primary N) is 1. The number of nitrogen functional groups attached to an aromatic ring is 1. The Kier molecular flexibility index (Phi) is 10.0. The van der Waals surface area contributed by atoms with Crippen molar-refractivity contribution in [3.05, 3.63) is 102 Å². The number of benzene rings is 2. The highest BCUT2D eigenvalue weighted by Crippen LogP contribution is 2.34. The minimum Gasteiger partial charge on any atom is -0.496 e. The molecule has 0 spiro atoms. The van der Waals surface area contributed by atoms with Crippen molar-refractivity contribution in [2.45, 2.75) is 39.3 Å². The lowest BCUT2D eigenvalue weighted by atomic mass is 10.0. The van der Waals surface area contributed by atoms with Gasteiger partial charge in [-0.05, 0) is 73.0 Å². The Morgan fingerprint density at radius 1 is 0.939 bits per heavy atom. The van der Waals surface area contributed by atoms with Crippen LogP contribution in [0.15, 0.2) is 85.2 Å². The molecule has 0 aliphatic carbocycles. The predicted molar refractivity (Wildman–Crippen MR) is 188 cm³/mol. The summed E-state index contributed by atoms with van der Waals surface area (Å²) in [5.74, 6) is 1.84. The van der Waals surface area contributed by atoms with E-state index in [9.17, 15) is 4.39 Å². The number of anilines is 2. The molecule has 0 amide bonds. The third-order valence-electron chi connectivity index (χ3n) is 8.32. The number of likely N-dealkylation sites (tertiary alicyclic amines) is 1. The Labute approximate surface area is 284 Å². The molecule has 5 heterocycles. The molecule has 2 aromatic carbocycles. The quantitative estimate of drug-likeness (QED) is 0.183. The van der Waals surface area contributed by atoms with Gasteiger partial charge < -0.3 is 15.8 Å². The molecule has 49 heavy (non-hydrogen) atoms. The molecule has 248 valence electrons. The van der Waals surface area contributed by atoms with Crippen LogP contribution < -0.4 is 15.8 Å². The van der Waals surface area contributed by atoms with Gasteiger partial charge in [0, 0.05) is 55.4 Å². The van der Waals surface area contributed by atoms with E-state index in [4.69, 9.17) is 25.7 Å². The highest BCUT2D eigenvalue weighted by atomic mass is 19.1. The molecule has 1 fully saturated rings. The molecule has 3 N–H and O–H groups in total. The number of imidazole rings is 1. The number of ether oxygens (including phenoxy) is 1. The van der Waals surface area contributed by atoms with Crippen LogP contribution in [0.5, 0.6) is 5.75 Å². The largest absolute Gasteiger partial charge is 0.496 e. The maximum absolute atomic E-state index is 14.0. The molecule has 0 atom stereocenters. The molecular weight excluding hydrogens is 619 g/mol. The van der Waals surface area contributed by atoms with Crippen molar-refractivity contribution in [1.29, 1.82) is 5.26 Å². The Morgan fingerprint density at radius 2 is 1.73 bits per heavy atom. The molecular formula is C37H37FN10O. The SMILES string of the molecule is CC.COc1cc(F)ccc1-c1ccc2nc(-c3cccnc3N)n(-c3ccc(CN4CCC(Nc5ccnc(C#N)n5)CC4)cc3)c2n1. The van der Waals surface area contributed by atoms with E-state index in [1.807, 2.05) is 48.7 Å². The number of rotatable bonds is 8. The Morgan fingerprint density at radius 3 is 2.47 bits per heavy atom. The summed E-state index contributed by atoms with van der Waals surface area (Å²) in [6.07, 6.45) is 5.18. The second-order valence-corrected chi connectivity index (χ2v) is 11.3. The number of piperidine rings is 1. The zero-order chi connectivity index (χ0) is 34.3. The Balaban J connectivity index is 0.00000205. The average Bonchev–Trinajstić information content (AvgIpc) is 3.52. The van der Waals surface area contributed by atoms with Gasteiger partial charge in [0.15, 0.2) is 11.5 Å². The maximum Gasteiger partial charge on any atom is 0.234 e. The van der Waals surface area contributed by atoms with Crippen molar-refractivity contribution >= 4 is 22.8 Å². The Hall–Kier alpha value is -5.93. The van der Waals surface area contributed by atoms with E-state index in [0.29, 0.717) is 51.2 Å². The first-order valence-corrected chi connectivity index (χ1v) is 16.2. The van der Waals surface area contributed by atoms with E-state index in [1.165, 1.54) is 24.8 Å². The average molecular weight is 657 g/mol. The summed E-state index contributed by atoms with van der Waals surface area (Å²) in [7, 11) is 1.51. The fourth-order valence-corrected chi connectivity index (χ4v) is 5.96. The van der Waals surface area contributed by atoms with Crippen LogP contribution in [0.3, 0.4) is 0 Å². The summed E-state index contributed by atoms with van der Waals surface area (Å²) in [6.45, 7) is 6.69. The molecule has 6 aromatic rings. The van der Waals surface area contributed by atoms with Gasteiger partial charge in [0.05, 0.1) is 18.4 Å². The van der Waals surface area contributed by atoms with Crippen molar-refractivity contribution in [2.75, 3.05) is 31.2 Å². The summed E-state index contributed by atoms with van der Waals surface area (Å²) >= 11 is 0. The number of nitrogens with one attached hydrogen (secondary N) is 1. The van der Waals surface area contributed by atoms with Crippen molar-refractivity contribution in [3.63, 3.8) is 0 Å². The second-order valence-electron chi connectivity index (χ2n) is 11.3. The van der Waals surface area contributed by atoms with Crippen LogP contribution >= 0.6 is 0 Å². The molecule has 0 saturated carbocycles. The lowest BCUT2D eigenvalue weighted by Crippen LogP contribution is -2.38. The number of methoxy groups -OCH3 is 1. The van der Waals surface area contributed by atoms with E-state index < -0.39 is 0 Å². The first-order valence-electron chi connectivity index (χ1n) is 16.2. The fraction of sp³-hybridized carbons (Fsp3) is 0.243. The number of aromatic nitrogens is 6. The van der Waals surface area contributed by atoms with Crippen molar-refractivity contribution in [2.24, 2.45) is 0 Å². The van der Waals surface area contributed by atoms with E-state index >= 15 is 0 Å². The Bertz CT molecular complexity index is 2100. The third kappa shape index (κ3) is 7.17. The van der Waals surface area contributed by atoms with Crippen LogP contribution in [0.2, 0.25) is 0 Å². The van der Waals surface area contributed by atoms with E-state index in [1.54, 1.807) is 24.5 Å². The first kappa shape index (κ1) is 33.0. The van der Waals surface area contributed by atoms with Crippen LogP contribution in [-0.2, 0) is 6.54 Å². The third-order valence-corrected chi connectivity index (χ3v) is 8.32. The van der Waals surface area contributed by atoms with Gasteiger partial charge in [0.25, 0.3) is 0 Å². The minimum atomic E-state index is -0.385. The normalized spacial score (nSPS) is 13.4. The number of hydrogen-bond donors (Lipinski definition) is 2. The molecule has 1 aliphatic rings. The van der Waals surface area contributed by atoms with Crippen LogP contribution in [0.25, 0.3) is 39.5 Å². The van der Waals surface area contributed by atoms with Crippen molar-refractivity contribution < 1.29 is 9.13 Å². The van der Waals surface area contributed by atoms with Gasteiger partial charge in [-0.2, -0.15) is 5.26 Å². The molecule has 4 aromatic heterocycles. The highest BCUT2D eigenvalue weighted by molar-refractivity contribution is 5.85. The smallest absolute Gasteiger partial charge is 0.234 e. The standard InChI is InChI=1S/C35H31FN10O.C2H6/c1-47-30-19-23(36)6-9-26(30)28-10-11-29-35(42-28)46(34(43-29)27-3-2-15-40-33(27)38)25-7-4-22(5-8-25)21-45-17-13-24(14-18-45)41-31-12-16-39-32(20-37)44-31;1-2/h2-12,15-16,19,24H,13-14,17-18,21H2,1H3,(H2,38,40)(H,39,41,44);1-2H3. The second kappa shape index (κ2) is 14.9. The van der Waals surface area contributed by atoms with Gasteiger partial charge in [-0.1, -0.05) is 26.0 Å². The lowest BCUT2D eigenvalue weighted by Gasteiger charge is -2.32. The van der Waals surface area contributed by atoms with Crippen molar-refractivity contribution in [1.82, 2.24) is 34.4 Å². The summed E-state index contributed by atoms with van der Waals surface area (Å²) in [4.78, 5) is 24.8. The molecule has 0 radical (unpaired) electrons. The van der Waals surface area contributed by atoms with Gasteiger partial charge in [-0.25, -0.2) is 29.3 Å². The predicted octanol–water partition coefficient (Wildman–Crippen LogP) is 6.64. The van der Waals surface area contributed by atoms with Gasteiger partial charge in [0.2, 0.25) is 5.82 Å². The molecule has 1 saturated heterocycles. The van der Waals surface area contributed by atoms with Gasteiger partial charge in [0.1, 0.15) is 34.8 Å². The zero-order valence-corrected chi connectivity index (χ0v) is 27.6. The number of pyridine rings is 2. The van der Waals surface area contributed by atoms with Crippen LogP contribution in [0.4, 0.5) is 16.0 Å².